The molecule has 2 bridgehead atoms. The van der Waals surface area contributed by atoms with Gasteiger partial charge in [-0.15, -0.1) is 0 Å². The second-order valence-corrected chi connectivity index (χ2v) is 7.02. The average molecular weight is 297 g/mol. The molecular formula is C19H25N2O+. The molecule has 0 radical (unpaired) electrons. The highest BCUT2D eigenvalue weighted by molar-refractivity contribution is 5.82. The van der Waals surface area contributed by atoms with Gasteiger partial charge in [-0.3, -0.25) is 4.98 Å². The number of hydrogen-bond acceptors (Lipinski definition) is 2. The first-order chi connectivity index (χ1) is 10.8. The van der Waals surface area contributed by atoms with E-state index < -0.39 is 0 Å². The van der Waals surface area contributed by atoms with E-state index in [0.717, 1.165) is 28.4 Å². The Morgan fingerprint density at radius 1 is 1.27 bits per heavy atom. The van der Waals surface area contributed by atoms with Crippen LogP contribution in [-0.2, 0) is 0 Å². The molecule has 0 saturated carbocycles. The van der Waals surface area contributed by atoms with Gasteiger partial charge in [0.25, 0.3) is 0 Å². The number of piperidine rings is 3. The molecule has 0 aliphatic carbocycles. The molecule has 22 heavy (non-hydrogen) atoms. The molecule has 4 heterocycles. The van der Waals surface area contributed by atoms with Gasteiger partial charge in [0.15, 0.2) is 0 Å². The normalized spacial score (nSPS) is 32.3. The van der Waals surface area contributed by atoms with Gasteiger partial charge < -0.3 is 10.0 Å². The smallest absolute Gasteiger partial charge is 0.131 e. The second kappa shape index (κ2) is 5.64. The number of quaternary nitrogens is 1. The van der Waals surface area contributed by atoms with Crippen molar-refractivity contribution in [2.24, 2.45) is 5.92 Å². The van der Waals surface area contributed by atoms with Crippen molar-refractivity contribution < 1.29 is 10.0 Å². The Hall–Kier alpha value is -1.45. The van der Waals surface area contributed by atoms with Crippen LogP contribution in [0.15, 0.2) is 36.5 Å². The highest BCUT2D eigenvalue weighted by Crippen LogP contribution is 2.33. The van der Waals surface area contributed by atoms with E-state index in [1.807, 2.05) is 30.5 Å². The molecule has 3 fully saturated rings. The summed E-state index contributed by atoms with van der Waals surface area (Å²) in [7, 11) is 0. The molecular weight excluding hydrogens is 272 g/mol. The van der Waals surface area contributed by atoms with Gasteiger partial charge in [-0.1, -0.05) is 25.1 Å². The molecule has 3 saturated heterocycles. The predicted octanol–water partition coefficient (Wildman–Crippen LogP) is 2.11. The topological polar surface area (TPSA) is 37.6 Å². The van der Waals surface area contributed by atoms with Crippen molar-refractivity contribution >= 4 is 10.9 Å². The van der Waals surface area contributed by atoms with Crippen LogP contribution in [0.5, 0.6) is 0 Å². The van der Waals surface area contributed by atoms with E-state index in [4.69, 9.17) is 0 Å². The maximum Gasteiger partial charge on any atom is 0.131 e. The van der Waals surface area contributed by atoms with Gasteiger partial charge in [0.2, 0.25) is 0 Å². The lowest BCUT2D eigenvalue weighted by molar-refractivity contribution is -0.970. The number of rotatable bonds is 3. The number of fused-ring (bicyclic) bond motifs is 4. The van der Waals surface area contributed by atoms with Crippen LogP contribution in [0.3, 0.4) is 0 Å². The number of nitrogens with one attached hydrogen (secondary N) is 1. The maximum absolute atomic E-state index is 11.1. The molecule has 5 rings (SSSR count). The number of aliphatic hydroxyl groups is 1. The third-order valence-electron chi connectivity index (χ3n) is 5.92. The van der Waals surface area contributed by atoms with Crippen molar-refractivity contribution in [3.8, 4) is 0 Å². The van der Waals surface area contributed by atoms with E-state index in [2.05, 4.69) is 18.0 Å². The van der Waals surface area contributed by atoms with Crippen LogP contribution in [0.1, 0.15) is 44.3 Å². The van der Waals surface area contributed by atoms with Crippen molar-refractivity contribution in [1.29, 1.82) is 0 Å². The number of hydrogen-bond donors (Lipinski definition) is 2. The summed E-state index contributed by atoms with van der Waals surface area (Å²) in [4.78, 5) is 6.07. The number of para-hydroxylation sites is 1. The van der Waals surface area contributed by atoms with Gasteiger partial charge in [0.1, 0.15) is 12.1 Å². The van der Waals surface area contributed by atoms with Gasteiger partial charge in [0, 0.05) is 24.4 Å². The molecule has 3 aliphatic heterocycles. The van der Waals surface area contributed by atoms with E-state index in [0.29, 0.717) is 6.04 Å². The highest BCUT2D eigenvalue weighted by Gasteiger charge is 2.46. The molecule has 116 valence electrons. The molecule has 2 N–H and O–H groups in total. The van der Waals surface area contributed by atoms with E-state index >= 15 is 0 Å². The fourth-order valence-electron chi connectivity index (χ4n) is 4.81. The number of aliphatic hydroxyl groups excluding tert-OH is 1. The van der Waals surface area contributed by atoms with Crippen LogP contribution in [0, 0.1) is 5.92 Å². The Bertz CT molecular complexity index is 666. The van der Waals surface area contributed by atoms with E-state index in [1.165, 1.54) is 32.2 Å². The predicted molar refractivity (Wildman–Crippen MR) is 87.7 cm³/mol. The van der Waals surface area contributed by atoms with Gasteiger partial charge >= 0.3 is 0 Å². The summed E-state index contributed by atoms with van der Waals surface area (Å²) in [5, 5.41) is 12.2. The summed E-state index contributed by atoms with van der Waals surface area (Å²) >= 11 is 0. The zero-order chi connectivity index (χ0) is 15.1. The Morgan fingerprint density at radius 2 is 2.14 bits per heavy atom. The third-order valence-corrected chi connectivity index (χ3v) is 5.92. The van der Waals surface area contributed by atoms with Crippen LogP contribution in [-0.4, -0.2) is 28.7 Å². The van der Waals surface area contributed by atoms with E-state index in [1.54, 1.807) is 4.90 Å². The lowest BCUT2D eigenvalue weighted by Crippen LogP contribution is -3.22. The van der Waals surface area contributed by atoms with Crippen LogP contribution in [0.2, 0.25) is 0 Å². The number of aromatic nitrogens is 1. The van der Waals surface area contributed by atoms with Crippen molar-refractivity contribution in [3.05, 3.63) is 42.1 Å². The standard InChI is InChI=1S/C19H24N2O/c1-2-14-11-13-8-10-21(14)18(12-13)19(22)16-7-9-20-17-6-4-3-5-15(16)17/h3-7,9,13-14,18-19,22H,2,8,10-12H2,1H3/p+1/t13-,14-,18+,19-/m1/s1. The summed E-state index contributed by atoms with van der Waals surface area (Å²) in [5.41, 5.74) is 2.04. The molecule has 1 unspecified atom stereocenters. The first-order valence-electron chi connectivity index (χ1n) is 8.65. The Morgan fingerprint density at radius 3 is 2.95 bits per heavy atom. The second-order valence-electron chi connectivity index (χ2n) is 7.02. The number of benzene rings is 1. The maximum atomic E-state index is 11.1. The fraction of sp³-hybridized carbons (Fsp3) is 0.526. The minimum absolute atomic E-state index is 0.350. The molecule has 3 nitrogen and oxygen atoms in total. The van der Waals surface area contributed by atoms with Crippen molar-refractivity contribution in [2.45, 2.75) is 50.8 Å². The van der Waals surface area contributed by atoms with Crippen LogP contribution in [0.4, 0.5) is 0 Å². The Kier molecular flexibility index (Phi) is 3.63. The summed E-state index contributed by atoms with van der Waals surface area (Å²) in [6.45, 7) is 3.53. The molecule has 0 amide bonds. The van der Waals surface area contributed by atoms with Crippen LogP contribution >= 0.6 is 0 Å². The quantitative estimate of drug-likeness (QED) is 0.910. The minimum Gasteiger partial charge on any atom is -0.382 e. The Balaban J connectivity index is 1.70. The molecule has 0 spiro atoms. The summed E-state index contributed by atoms with van der Waals surface area (Å²) in [5.74, 6) is 0.815. The Labute approximate surface area is 132 Å². The monoisotopic (exact) mass is 297 g/mol. The first-order valence-corrected chi connectivity index (χ1v) is 8.65. The van der Waals surface area contributed by atoms with Crippen molar-refractivity contribution in [1.82, 2.24) is 4.98 Å². The molecule has 5 atom stereocenters. The molecule has 3 heteroatoms. The number of pyridine rings is 1. The molecule has 1 aromatic carbocycles. The van der Waals surface area contributed by atoms with Crippen LogP contribution < -0.4 is 4.90 Å². The lowest BCUT2D eigenvalue weighted by atomic mass is 9.75. The van der Waals surface area contributed by atoms with Gasteiger partial charge in [-0.2, -0.15) is 0 Å². The lowest BCUT2D eigenvalue weighted by Gasteiger charge is -2.49. The highest BCUT2D eigenvalue weighted by atomic mass is 16.3. The van der Waals surface area contributed by atoms with Crippen LogP contribution in [0.25, 0.3) is 10.9 Å². The SMILES string of the molecule is CC[C@@H]1C[C@H]2CC[NH+]1[C@H]([C@H](O)c1ccnc3ccccc13)C2. The van der Waals surface area contributed by atoms with Gasteiger partial charge in [0.05, 0.1) is 18.1 Å². The first kappa shape index (κ1) is 14.2. The average Bonchev–Trinajstić information content (AvgIpc) is 2.60. The zero-order valence-electron chi connectivity index (χ0n) is 13.2. The zero-order valence-corrected chi connectivity index (χ0v) is 13.2. The van der Waals surface area contributed by atoms with Crippen molar-refractivity contribution in [2.75, 3.05) is 6.54 Å². The summed E-state index contributed by atoms with van der Waals surface area (Å²) in [6, 6.07) is 11.3. The molecule has 2 aromatic rings. The third kappa shape index (κ3) is 2.24. The fourth-order valence-corrected chi connectivity index (χ4v) is 4.81. The summed E-state index contributed by atoms with van der Waals surface area (Å²) < 4.78 is 0. The number of nitrogens with zero attached hydrogens (tertiary/aromatic N) is 1. The van der Waals surface area contributed by atoms with E-state index in [-0.39, 0.29) is 6.10 Å². The van der Waals surface area contributed by atoms with E-state index in [9.17, 15) is 5.11 Å². The summed E-state index contributed by atoms with van der Waals surface area (Å²) in [6.07, 6.45) is 6.55. The molecule has 1 aromatic heterocycles. The molecule has 3 aliphatic rings. The van der Waals surface area contributed by atoms with Gasteiger partial charge in [-0.25, -0.2) is 0 Å². The minimum atomic E-state index is -0.375. The largest absolute Gasteiger partial charge is 0.382 e. The van der Waals surface area contributed by atoms with Gasteiger partial charge in [-0.05, 0) is 36.5 Å². The van der Waals surface area contributed by atoms with Crippen molar-refractivity contribution in [3.63, 3.8) is 0 Å².